The van der Waals surface area contributed by atoms with Gasteiger partial charge in [-0.05, 0) is 36.6 Å². The number of hydrogen-bond donors (Lipinski definition) is 2. The molecule has 0 amide bonds. The van der Waals surface area contributed by atoms with Crippen LogP contribution in [0.2, 0.25) is 5.02 Å². The first-order valence-electron chi connectivity index (χ1n) is 10.5. The molecule has 1 aromatic heterocycles. The van der Waals surface area contributed by atoms with E-state index in [1.807, 2.05) is 73.1 Å². The number of nitrogens with two attached hydrogens (primary N) is 1. The summed E-state index contributed by atoms with van der Waals surface area (Å²) in [5, 5.41) is 0.588. The molecule has 0 radical (unpaired) electrons. The van der Waals surface area contributed by atoms with Gasteiger partial charge in [0.1, 0.15) is 5.82 Å². The van der Waals surface area contributed by atoms with Gasteiger partial charge >= 0.3 is 10.3 Å². The molecule has 0 saturated heterocycles. The second-order valence-electron chi connectivity index (χ2n) is 8.03. The van der Waals surface area contributed by atoms with E-state index >= 15 is 0 Å². The summed E-state index contributed by atoms with van der Waals surface area (Å²) in [6, 6.07) is 16.5. The highest BCUT2D eigenvalue weighted by molar-refractivity contribution is 7.83. The van der Waals surface area contributed by atoms with Crippen LogP contribution in [0, 0.1) is 5.92 Å². The van der Waals surface area contributed by atoms with E-state index in [-0.39, 0.29) is 12.5 Å². The van der Waals surface area contributed by atoms with Gasteiger partial charge in [0.15, 0.2) is 0 Å². The molecule has 0 fully saturated rings. The van der Waals surface area contributed by atoms with Crippen molar-refractivity contribution in [2.45, 2.75) is 32.9 Å². The van der Waals surface area contributed by atoms with Crippen molar-refractivity contribution in [1.82, 2.24) is 13.9 Å². The van der Waals surface area contributed by atoms with Gasteiger partial charge in [-0.2, -0.15) is 12.7 Å². The minimum atomic E-state index is -4.48. The molecule has 172 valence electrons. The molecular formula is C23H29ClN4O3S. The van der Waals surface area contributed by atoms with Crippen LogP contribution in [0.15, 0.2) is 60.8 Å². The highest BCUT2D eigenvalue weighted by atomic mass is 35.5. The summed E-state index contributed by atoms with van der Waals surface area (Å²) in [6.07, 6.45) is 2.32. The maximum Gasteiger partial charge on any atom is 0.336 e. The van der Waals surface area contributed by atoms with Gasteiger partial charge in [-0.1, -0.05) is 67.9 Å². The minimum Gasteiger partial charge on any atom is -0.330 e. The third kappa shape index (κ3) is 5.96. The van der Waals surface area contributed by atoms with Gasteiger partial charge < -0.3 is 10.3 Å². The molecule has 0 aliphatic heterocycles. The van der Waals surface area contributed by atoms with E-state index in [0.29, 0.717) is 36.1 Å². The molecule has 7 nitrogen and oxygen atoms in total. The molecule has 3 aromatic rings. The van der Waals surface area contributed by atoms with Crippen molar-refractivity contribution in [3.63, 3.8) is 0 Å². The number of imidazole rings is 1. The lowest BCUT2D eigenvalue weighted by Gasteiger charge is -2.31. The van der Waals surface area contributed by atoms with E-state index < -0.39 is 16.3 Å². The molecule has 0 bridgehead atoms. The van der Waals surface area contributed by atoms with Gasteiger partial charge in [-0.25, -0.2) is 4.98 Å². The van der Waals surface area contributed by atoms with Crippen LogP contribution in [0.1, 0.15) is 37.7 Å². The minimum absolute atomic E-state index is 0.100. The Kier molecular flexibility index (Phi) is 8.08. The van der Waals surface area contributed by atoms with E-state index in [2.05, 4.69) is 0 Å². The van der Waals surface area contributed by atoms with E-state index in [4.69, 9.17) is 22.3 Å². The lowest BCUT2D eigenvalue weighted by molar-refractivity contribution is 0.224. The van der Waals surface area contributed by atoms with Crippen LogP contribution >= 0.6 is 11.6 Å². The van der Waals surface area contributed by atoms with Crippen molar-refractivity contribution in [3.05, 3.63) is 77.2 Å². The zero-order chi connectivity index (χ0) is 23.3. The summed E-state index contributed by atoms with van der Waals surface area (Å²) < 4.78 is 37.7. The smallest absolute Gasteiger partial charge is 0.330 e. The van der Waals surface area contributed by atoms with Crippen LogP contribution < -0.4 is 5.73 Å². The van der Waals surface area contributed by atoms with Gasteiger partial charge in [0.25, 0.3) is 0 Å². The molecular weight excluding hydrogens is 448 g/mol. The molecule has 2 aromatic carbocycles. The van der Waals surface area contributed by atoms with Crippen LogP contribution in [0.25, 0.3) is 11.3 Å². The summed E-state index contributed by atoms with van der Waals surface area (Å²) in [6.45, 7) is 4.73. The van der Waals surface area contributed by atoms with Gasteiger partial charge in [-0.15, -0.1) is 0 Å². The predicted octanol–water partition coefficient (Wildman–Crippen LogP) is 4.40. The maximum absolute atomic E-state index is 12.3. The Morgan fingerprint density at radius 1 is 1.16 bits per heavy atom. The molecule has 0 aliphatic carbocycles. The Hall–Kier alpha value is -2.23. The topological polar surface area (TPSA) is 101 Å². The van der Waals surface area contributed by atoms with Crippen LogP contribution in [-0.2, 0) is 16.8 Å². The molecule has 0 saturated carbocycles. The summed E-state index contributed by atoms with van der Waals surface area (Å²) in [4.78, 5) is 4.84. The lowest BCUT2D eigenvalue weighted by Crippen LogP contribution is -2.39. The van der Waals surface area contributed by atoms with Crippen LogP contribution in [0.5, 0.6) is 0 Å². The summed E-state index contributed by atoms with van der Waals surface area (Å²) >= 11 is 6.18. The van der Waals surface area contributed by atoms with Crippen molar-refractivity contribution in [2.75, 3.05) is 13.1 Å². The fourth-order valence-electron chi connectivity index (χ4n) is 3.76. The van der Waals surface area contributed by atoms with Crippen LogP contribution in [0.3, 0.4) is 0 Å². The third-order valence-electron chi connectivity index (χ3n) is 5.21. The summed E-state index contributed by atoms with van der Waals surface area (Å²) in [5.74, 6) is 0.396. The molecule has 3 rings (SSSR count). The SMILES string of the molecule is CC(C)[C@H](c1nc(-c2cccc(Cl)c2)cn1Cc1ccccc1)N(CCCN)S(=O)(=O)O. The lowest BCUT2D eigenvalue weighted by atomic mass is 10.0. The first kappa shape index (κ1) is 24.4. The molecule has 0 unspecified atom stereocenters. The van der Waals surface area contributed by atoms with Gasteiger partial charge in [0.05, 0.1) is 11.7 Å². The Morgan fingerprint density at radius 3 is 2.47 bits per heavy atom. The largest absolute Gasteiger partial charge is 0.336 e. The van der Waals surface area contributed by atoms with E-state index in [1.54, 1.807) is 6.07 Å². The Bertz CT molecular complexity index is 1130. The molecule has 0 aliphatic rings. The number of aromatic nitrogens is 2. The number of benzene rings is 2. The molecule has 0 spiro atoms. The monoisotopic (exact) mass is 476 g/mol. The predicted molar refractivity (Wildman–Crippen MR) is 128 cm³/mol. The molecule has 1 atom stereocenters. The quantitative estimate of drug-likeness (QED) is 0.422. The Balaban J connectivity index is 2.15. The van der Waals surface area contributed by atoms with Gasteiger partial charge in [0.2, 0.25) is 0 Å². The van der Waals surface area contributed by atoms with Crippen LogP contribution in [0.4, 0.5) is 0 Å². The molecule has 3 N–H and O–H groups in total. The first-order valence-corrected chi connectivity index (χ1v) is 12.3. The highest BCUT2D eigenvalue weighted by Crippen LogP contribution is 2.33. The average molecular weight is 477 g/mol. The Labute approximate surface area is 194 Å². The van der Waals surface area contributed by atoms with Crippen molar-refractivity contribution in [3.8, 4) is 11.3 Å². The highest BCUT2D eigenvalue weighted by Gasteiger charge is 2.35. The maximum atomic E-state index is 12.3. The second kappa shape index (κ2) is 10.6. The summed E-state index contributed by atoms with van der Waals surface area (Å²) in [7, 11) is -4.48. The number of nitrogens with zero attached hydrogens (tertiary/aromatic N) is 3. The van der Waals surface area contributed by atoms with E-state index in [1.165, 1.54) is 0 Å². The van der Waals surface area contributed by atoms with E-state index in [9.17, 15) is 13.0 Å². The third-order valence-corrected chi connectivity index (χ3v) is 6.45. The first-order chi connectivity index (χ1) is 15.2. The molecule has 1 heterocycles. The number of rotatable bonds is 10. The normalized spacial score (nSPS) is 13.1. The fourth-order valence-corrected chi connectivity index (χ4v) is 4.94. The van der Waals surface area contributed by atoms with Crippen LogP contribution in [-0.4, -0.2) is 39.9 Å². The number of hydrogen-bond acceptors (Lipinski definition) is 4. The molecule has 9 heteroatoms. The zero-order valence-electron chi connectivity index (χ0n) is 18.2. The average Bonchev–Trinajstić information content (AvgIpc) is 3.14. The molecule has 32 heavy (non-hydrogen) atoms. The van der Waals surface area contributed by atoms with Crippen molar-refractivity contribution in [1.29, 1.82) is 0 Å². The summed E-state index contributed by atoms with van der Waals surface area (Å²) in [5.41, 5.74) is 8.18. The zero-order valence-corrected chi connectivity index (χ0v) is 19.8. The Morgan fingerprint density at radius 2 is 1.88 bits per heavy atom. The second-order valence-corrected chi connectivity index (χ2v) is 9.83. The van der Waals surface area contributed by atoms with Gasteiger partial charge in [0, 0.05) is 29.9 Å². The van der Waals surface area contributed by atoms with Crippen molar-refractivity contribution < 1.29 is 13.0 Å². The fraction of sp³-hybridized carbons (Fsp3) is 0.348. The number of halogens is 1. The standard InChI is InChI=1S/C23H29ClN4O3S/c1-17(2)22(28(13-7-12-25)32(29,30)31)23-26-21(19-10-6-11-20(24)14-19)16-27(23)15-18-8-4-3-5-9-18/h3-6,8-11,14,16-17,22H,7,12-13,15,25H2,1-2H3,(H,29,30,31)/t22-/m1/s1. The van der Waals surface area contributed by atoms with Crippen molar-refractivity contribution in [2.24, 2.45) is 11.7 Å². The van der Waals surface area contributed by atoms with E-state index in [0.717, 1.165) is 15.4 Å². The van der Waals surface area contributed by atoms with Crippen molar-refractivity contribution >= 4 is 21.9 Å². The van der Waals surface area contributed by atoms with Gasteiger partial charge in [-0.3, -0.25) is 4.55 Å².